The Balaban J connectivity index is 2.16. The van der Waals surface area contributed by atoms with Crippen molar-refractivity contribution in [2.24, 2.45) is 0 Å². The van der Waals surface area contributed by atoms with E-state index in [0.29, 0.717) is 0 Å². The molecule has 0 fully saturated rings. The van der Waals surface area contributed by atoms with E-state index in [1.165, 1.54) is 0 Å². The first-order valence-corrected chi connectivity index (χ1v) is 6.91. The molecule has 2 rings (SSSR count). The van der Waals surface area contributed by atoms with Crippen LogP contribution in [0.5, 0.6) is 0 Å². The second kappa shape index (κ2) is 5.99. The average molecular weight is 291 g/mol. The van der Waals surface area contributed by atoms with Crippen molar-refractivity contribution in [3.8, 4) is 5.69 Å². The highest BCUT2D eigenvalue weighted by atomic mass is 16.6. The molecule has 0 radical (unpaired) electrons. The third-order valence-corrected chi connectivity index (χ3v) is 2.89. The number of hydrogen-bond donors (Lipinski definition) is 2. The van der Waals surface area contributed by atoms with Gasteiger partial charge >= 0.3 is 6.09 Å². The topological polar surface area (TPSA) is 84.8 Å². The van der Waals surface area contributed by atoms with Crippen LogP contribution in [-0.2, 0) is 4.74 Å². The van der Waals surface area contributed by atoms with Crippen molar-refractivity contribution in [1.82, 2.24) is 25.1 Å². The SMILES string of the molecule is CC[C@@H](NC(=O)OC(C)(C)C)c1cncn1-c1cn[nH]c1. The van der Waals surface area contributed by atoms with Crippen LogP contribution in [0.25, 0.3) is 5.69 Å². The number of aromatic nitrogens is 4. The predicted molar refractivity (Wildman–Crippen MR) is 78.1 cm³/mol. The van der Waals surface area contributed by atoms with Crippen LogP contribution in [0.2, 0.25) is 0 Å². The summed E-state index contributed by atoms with van der Waals surface area (Å²) in [5.41, 5.74) is 1.23. The summed E-state index contributed by atoms with van der Waals surface area (Å²) in [7, 11) is 0. The molecule has 0 aliphatic carbocycles. The first kappa shape index (κ1) is 15.1. The fourth-order valence-electron chi connectivity index (χ4n) is 1.99. The maximum absolute atomic E-state index is 11.9. The van der Waals surface area contributed by atoms with Crippen molar-refractivity contribution in [3.63, 3.8) is 0 Å². The Kier molecular flexibility index (Phi) is 4.30. The molecular weight excluding hydrogens is 270 g/mol. The number of hydrogen-bond acceptors (Lipinski definition) is 4. The largest absolute Gasteiger partial charge is 0.444 e. The lowest BCUT2D eigenvalue weighted by Gasteiger charge is -2.23. The molecule has 7 nitrogen and oxygen atoms in total. The minimum absolute atomic E-state index is 0.183. The second-order valence-electron chi connectivity index (χ2n) is 5.75. The normalized spacial score (nSPS) is 13.0. The molecule has 0 bridgehead atoms. The summed E-state index contributed by atoms with van der Waals surface area (Å²) in [6.07, 6.45) is 7.19. The summed E-state index contributed by atoms with van der Waals surface area (Å²) in [6, 6.07) is -0.183. The van der Waals surface area contributed by atoms with Crippen LogP contribution in [0.4, 0.5) is 4.79 Å². The molecule has 0 aromatic carbocycles. The molecule has 21 heavy (non-hydrogen) atoms. The first-order valence-electron chi connectivity index (χ1n) is 6.91. The minimum atomic E-state index is -0.521. The number of imidazole rings is 1. The number of H-pyrrole nitrogens is 1. The third kappa shape index (κ3) is 3.84. The van der Waals surface area contributed by atoms with Crippen LogP contribution in [-0.4, -0.2) is 31.4 Å². The van der Waals surface area contributed by atoms with E-state index in [1.807, 2.05) is 32.3 Å². The van der Waals surface area contributed by atoms with Crippen LogP contribution in [0.15, 0.2) is 24.9 Å². The van der Waals surface area contributed by atoms with Crippen molar-refractivity contribution in [3.05, 3.63) is 30.6 Å². The molecule has 2 N–H and O–H groups in total. The lowest BCUT2D eigenvalue weighted by Crippen LogP contribution is -2.35. The summed E-state index contributed by atoms with van der Waals surface area (Å²) in [6.45, 7) is 7.50. The lowest BCUT2D eigenvalue weighted by atomic mass is 10.1. The van der Waals surface area contributed by atoms with Crippen LogP contribution in [0.1, 0.15) is 45.9 Å². The van der Waals surface area contributed by atoms with Crippen molar-refractivity contribution in [2.75, 3.05) is 0 Å². The monoisotopic (exact) mass is 291 g/mol. The smallest absolute Gasteiger partial charge is 0.408 e. The number of carbonyl (C=O) groups is 1. The Hall–Kier alpha value is -2.31. The van der Waals surface area contributed by atoms with Gasteiger partial charge in [-0.05, 0) is 27.2 Å². The Morgan fingerprint density at radius 3 is 2.81 bits per heavy atom. The maximum Gasteiger partial charge on any atom is 0.408 e. The van der Waals surface area contributed by atoms with E-state index in [2.05, 4.69) is 20.5 Å². The number of rotatable bonds is 4. The summed E-state index contributed by atoms with van der Waals surface area (Å²) >= 11 is 0. The van der Waals surface area contributed by atoms with Crippen LogP contribution >= 0.6 is 0 Å². The molecule has 2 aromatic rings. The van der Waals surface area contributed by atoms with E-state index in [0.717, 1.165) is 17.8 Å². The van der Waals surface area contributed by atoms with E-state index in [1.54, 1.807) is 24.9 Å². The molecule has 0 spiro atoms. The average Bonchev–Trinajstić information content (AvgIpc) is 3.03. The standard InChI is InChI=1S/C14H21N5O2/c1-5-11(18-13(20)21-14(2,3)4)12-8-15-9-19(12)10-6-16-17-7-10/h6-9,11H,5H2,1-4H3,(H,16,17)(H,18,20)/t11-/m1/s1. The molecule has 1 atom stereocenters. The molecule has 0 saturated carbocycles. The second-order valence-corrected chi connectivity index (χ2v) is 5.75. The first-order chi connectivity index (χ1) is 9.90. The van der Waals surface area contributed by atoms with Gasteiger partial charge in [0.15, 0.2) is 0 Å². The number of amides is 1. The molecule has 0 unspecified atom stereocenters. The Labute approximate surface area is 123 Å². The fourth-order valence-corrected chi connectivity index (χ4v) is 1.99. The number of aromatic amines is 1. The summed E-state index contributed by atoms with van der Waals surface area (Å²) < 4.78 is 7.18. The van der Waals surface area contributed by atoms with Gasteiger partial charge in [-0.15, -0.1) is 0 Å². The maximum atomic E-state index is 11.9. The van der Waals surface area contributed by atoms with Gasteiger partial charge in [0.1, 0.15) is 5.60 Å². The Morgan fingerprint density at radius 2 is 2.24 bits per heavy atom. The van der Waals surface area contributed by atoms with Crippen molar-refractivity contribution in [1.29, 1.82) is 0 Å². The zero-order chi connectivity index (χ0) is 15.5. The van der Waals surface area contributed by atoms with Gasteiger partial charge in [-0.25, -0.2) is 9.78 Å². The predicted octanol–water partition coefficient (Wildman–Crippen LogP) is 2.57. The number of nitrogens with one attached hydrogen (secondary N) is 2. The van der Waals surface area contributed by atoms with E-state index >= 15 is 0 Å². The molecule has 2 aromatic heterocycles. The van der Waals surface area contributed by atoms with Gasteiger partial charge in [-0.3, -0.25) is 9.67 Å². The van der Waals surface area contributed by atoms with Gasteiger partial charge in [-0.2, -0.15) is 5.10 Å². The van der Waals surface area contributed by atoms with Crippen molar-refractivity contribution in [2.45, 2.75) is 45.8 Å². The highest BCUT2D eigenvalue weighted by Gasteiger charge is 2.22. The molecule has 2 heterocycles. The highest BCUT2D eigenvalue weighted by molar-refractivity contribution is 5.68. The molecule has 0 saturated heterocycles. The Morgan fingerprint density at radius 1 is 1.48 bits per heavy atom. The lowest BCUT2D eigenvalue weighted by molar-refractivity contribution is 0.0500. The minimum Gasteiger partial charge on any atom is -0.444 e. The van der Waals surface area contributed by atoms with E-state index < -0.39 is 11.7 Å². The van der Waals surface area contributed by atoms with Gasteiger partial charge in [0.25, 0.3) is 0 Å². The van der Waals surface area contributed by atoms with E-state index in [-0.39, 0.29) is 6.04 Å². The highest BCUT2D eigenvalue weighted by Crippen LogP contribution is 2.20. The van der Waals surface area contributed by atoms with Crippen molar-refractivity contribution >= 4 is 6.09 Å². The fraction of sp³-hybridized carbons (Fsp3) is 0.500. The quantitative estimate of drug-likeness (QED) is 0.906. The van der Waals surface area contributed by atoms with Crippen LogP contribution < -0.4 is 5.32 Å². The zero-order valence-corrected chi connectivity index (χ0v) is 12.8. The van der Waals surface area contributed by atoms with Gasteiger partial charge in [0, 0.05) is 6.20 Å². The summed E-state index contributed by atoms with van der Waals surface area (Å²) in [5.74, 6) is 0. The van der Waals surface area contributed by atoms with Crippen LogP contribution in [0.3, 0.4) is 0 Å². The van der Waals surface area contributed by atoms with Gasteiger partial charge in [0.05, 0.1) is 36.1 Å². The number of carbonyl (C=O) groups excluding carboxylic acids is 1. The molecule has 0 aliphatic rings. The number of nitrogens with zero attached hydrogens (tertiary/aromatic N) is 3. The van der Waals surface area contributed by atoms with Crippen molar-refractivity contribution < 1.29 is 9.53 Å². The van der Waals surface area contributed by atoms with Gasteiger partial charge in [-0.1, -0.05) is 6.92 Å². The number of ether oxygens (including phenoxy) is 1. The van der Waals surface area contributed by atoms with Gasteiger partial charge < -0.3 is 10.1 Å². The molecule has 0 aliphatic heterocycles. The molecule has 1 amide bonds. The Bertz CT molecular complexity index is 583. The third-order valence-electron chi connectivity index (χ3n) is 2.89. The van der Waals surface area contributed by atoms with Crippen LogP contribution in [0, 0.1) is 0 Å². The van der Waals surface area contributed by atoms with Gasteiger partial charge in [0.2, 0.25) is 0 Å². The molecule has 7 heteroatoms. The van der Waals surface area contributed by atoms with E-state index in [9.17, 15) is 4.79 Å². The molecule has 114 valence electrons. The summed E-state index contributed by atoms with van der Waals surface area (Å²) in [4.78, 5) is 16.1. The molecular formula is C14H21N5O2. The zero-order valence-electron chi connectivity index (χ0n) is 12.8. The number of alkyl carbamates (subject to hydrolysis) is 1. The summed E-state index contributed by atoms with van der Waals surface area (Å²) in [5, 5.41) is 9.57. The van der Waals surface area contributed by atoms with E-state index in [4.69, 9.17) is 4.74 Å².